The summed E-state index contributed by atoms with van der Waals surface area (Å²) in [6.45, 7) is 11.3. The van der Waals surface area contributed by atoms with E-state index in [0.29, 0.717) is 17.6 Å². The molecule has 1 aliphatic heterocycles. The maximum absolute atomic E-state index is 12.1. The molecule has 0 aromatic carbocycles. The Bertz CT molecular complexity index is 347. The fraction of sp³-hybridized carbons (Fsp3) is 0.875. The van der Waals surface area contributed by atoms with Gasteiger partial charge in [-0.15, -0.1) is 0 Å². The van der Waals surface area contributed by atoms with Gasteiger partial charge in [-0.2, -0.15) is 0 Å². The second-order valence-corrected chi connectivity index (χ2v) is 7.06. The van der Waals surface area contributed by atoms with Crippen LogP contribution in [-0.2, 0) is 9.63 Å². The second kappa shape index (κ2) is 7.21. The number of hydrogen-bond acceptors (Lipinski definition) is 4. The van der Waals surface area contributed by atoms with Crippen molar-refractivity contribution in [1.82, 2.24) is 4.90 Å². The van der Waals surface area contributed by atoms with E-state index in [2.05, 4.69) is 31.0 Å². The van der Waals surface area contributed by atoms with Crippen LogP contribution in [0.15, 0.2) is 5.16 Å². The summed E-state index contributed by atoms with van der Waals surface area (Å²) in [5.41, 5.74) is -0.245. The number of piperidine rings is 1. The molecule has 4 heteroatoms. The third-order valence-corrected chi connectivity index (χ3v) is 4.01. The molecule has 0 radical (unpaired) electrons. The normalized spacial score (nSPS) is 24.9. The molecule has 1 fully saturated rings. The smallest absolute Gasteiger partial charge is 0.150 e. The molecular formula is C16H30N2O2. The van der Waals surface area contributed by atoms with Crippen molar-refractivity contribution in [2.45, 2.75) is 65.5 Å². The van der Waals surface area contributed by atoms with Crippen molar-refractivity contribution >= 4 is 12.0 Å². The number of nitrogens with zero attached hydrogens (tertiary/aromatic N) is 2. The molecule has 20 heavy (non-hydrogen) atoms. The molecule has 0 aromatic heterocycles. The number of carbonyl (C=O) groups is 1. The third kappa shape index (κ3) is 5.23. The first-order chi connectivity index (χ1) is 9.22. The summed E-state index contributed by atoms with van der Waals surface area (Å²) in [7, 11) is 2.06. The summed E-state index contributed by atoms with van der Waals surface area (Å²) in [4.78, 5) is 19.7. The highest BCUT2D eigenvalue weighted by molar-refractivity contribution is 5.85. The van der Waals surface area contributed by atoms with Crippen LogP contribution < -0.4 is 0 Å². The minimum atomic E-state index is -0.245. The number of likely N-dealkylation sites (tertiary alicyclic amines) is 1. The van der Waals surface area contributed by atoms with Gasteiger partial charge in [0.25, 0.3) is 0 Å². The zero-order valence-electron chi connectivity index (χ0n) is 13.8. The number of oxime groups is 1. The van der Waals surface area contributed by atoms with Crippen LogP contribution in [0.3, 0.4) is 0 Å². The first-order valence-corrected chi connectivity index (χ1v) is 7.65. The predicted molar refractivity (Wildman–Crippen MR) is 82.9 cm³/mol. The molecule has 0 spiro atoms. The highest BCUT2D eigenvalue weighted by Crippen LogP contribution is 2.26. The van der Waals surface area contributed by atoms with Gasteiger partial charge in [0.05, 0.1) is 6.04 Å². The maximum Gasteiger partial charge on any atom is 0.150 e. The molecule has 0 saturated carbocycles. The highest BCUT2D eigenvalue weighted by Gasteiger charge is 2.33. The topological polar surface area (TPSA) is 41.9 Å². The molecule has 0 bridgehead atoms. The van der Waals surface area contributed by atoms with E-state index in [1.807, 2.05) is 27.0 Å². The largest absolute Gasteiger partial charge is 0.390 e. The van der Waals surface area contributed by atoms with Crippen LogP contribution in [0.4, 0.5) is 0 Å². The van der Waals surface area contributed by atoms with Crippen LogP contribution >= 0.6 is 0 Å². The molecule has 0 aromatic rings. The van der Waals surface area contributed by atoms with E-state index in [1.165, 1.54) is 0 Å². The van der Waals surface area contributed by atoms with Gasteiger partial charge in [-0.25, -0.2) is 0 Å². The van der Waals surface area contributed by atoms with Gasteiger partial charge in [-0.3, -0.25) is 9.69 Å². The molecule has 1 heterocycles. The summed E-state index contributed by atoms with van der Waals surface area (Å²) >= 11 is 0. The highest BCUT2D eigenvalue weighted by atomic mass is 16.6. The average molecular weight is 282 g/mol. The third-order valence-electron chi connectivity index (χ3n) is 4.01. The lowest BCUT2D eigenvalue weighted by atomic mass is 9.81. The molecule has 4 nitrogen and oxygen atoms in total. The molecule has 116 valence electrons. The van der Waals surface area contributed by atoms with Crippen LogP contribution in [0, 0.1) is 11.8 Å². The van der Waals surface area contributed by atoms with E-state index >= 15 is 0 Å². The lowest BCUT2D eigenvalue weighted by Crippen LogP contribution is -2.48. The Morgan fingerprint density at radius 2 is 2.10 bits per heavy atom. The van der Waals surface area contributed by atoms with Gasteiger partial charge < -0.3 is 4.84 Å². The Hall–Kier alpha value is -0.900. The van der Waals surface area contributed by atoms with Gasteiger partial charge in [-0.1, -0.05) is 19.0 Å². The number of rotatable bonds is 5. The van der Waals surface area contributed by atoms with Crippen LogP contribution in [0.2, 0.25) is 0 Å². The van der Waals surface area contributed by atoms with E-state index in [9.17, 15) is 4.79 Å². The van der Waals surface area contributed by atoms with E-state index < -0.39 is 0 Å². The van der Waals surface area contributed by atoms with Gasteiger partial charge in [0.2, 0.25) is 0 Å². The van der Waals surface area contributed by atoms with Gasteiger partial charge in [0.1, 0.15) is 11.4 Å². The second-order valence-electron chi connectivity index (χ2n) is 7.06. The quantitative estimate of drug-likeness (QED) is 0.575. The lowest BCUT2D eigenvalue weighted by molar-refractivity contribution is -0.128. The van der Waals surface area contributed by atoms with Crippen molar-refractivity contribution in [3.63, 3.8) is 0 Å². The van der Waals surface area contributed by atoms with Crippen LogP contribution in [0.25, 0.3) is 0 Å². The Morgan fingerprint density at radius 1 is 1.45 bits per heavy atom. The minimum Gasteiger partial charge on any atom is -0.390 e. The predicted octanol–water partition coefficient (Wildman–Crippen LogP) is 3.11. The molecule has 3 atom stereocenters. The monoisotopic (exact) mass is 282 g/mol. The molecule has 1 unspecified atom stereocenters. The van der Waals surface area contributed by atoms with Crippen molar-refractivity contribution in [1.29, 1.82) is 0 Å². The number of likely N-dealkylation sites (N-methyl/N-ethyl adjacent to an activating group) is 1. The Morgan fingerprint density at radius 3 is 2.65 bits per heavy atom. The van der Waals surface area contributed by atoms with Crippen molar-refractivity contribution in [2.75, 3.05) is 13.6 Å². The first-order valence-electron chi connectivity index (χ1n) is 7.65. The SMILES string of the molecule is CC([C@H](C)C/C=N\OC(C)(C)C)[C@H]1C(=O)CCCN1C. The summed E-state index contributed by atoms with van der Waals surface area (Å²) in [5.74, 6) is 1.15. The Balaban J connectivity index is 2.49. The van der Waals surface area contributed by atoms with Crippen molar-refractivity contribution < 1.29 is 9.63 Å². The molecule has 1 aliphatic rings. The van der Waals surface area contributed by atoms with Gasteiger partial charge in [0.15, 0.2) is 0 Å². The molecule has 1 saturated heterocycles. The zero-order chi connectivity index (χ0) is 15.3. The molecule has 0 amide bonds. The minimum absolute atomic E-state index is 0.0654. The Labute approximate surface area is 123 Å². The number of hydrogen-bond donors (Lipinski definition) is 0. The van der Waals surface area contributed by atoms with Crippen LogP contribution in [-0.4, -0.2) is 42.1 Å². The van der Waals surface area contributed by atoms with E-state index in [1.54, 1.807) is 0 Å². The fourth-order valence-electron chi connectivity index (χ4n) is 2.66. The molecule has 0 aliphatic carbocycles. The van der Waals surface area contributed by atoms with Crippen molar-refractivity contribution in [3.05, 3.63) is 0 Å². The molecular weight excluding hydrogens is 252 g/mol. The zero-order valence-corrected chi connectivity index (χ0v) is 13.8. The summed E-state index contributed by atoms with van der Waals surface area (Å²) in [6, 6.07) is 0.0654. The lowest BCUT2D eigenvalue weighted by Gasteiger charge is -2.37. The van der Waals surface area contributed by atoms with Gasteiger partial charge in [0, 0.05) is 12.6 Å². The van der Waals surface area contributed by atoms with E-state index in [-0.39, 0.29) is 11.6 Å². The molecule has 0 N–H and O–H groups in total. The Kier molecular flexibility index (Phi) is 6.18. The summed E-state index contributed by atoms with van der Waals surface area (Å²) in [6.07, 6.45) is 4.40. The first kappa shape index (κ1) is 17.2. The number of ketones is 1. The number of Topliss-reactive ketones (excluding diaryl/α,β-unsaturated/α-hetero) is 1. The van der Waals surface area contributed by atoms with Crippen LogP contribution in [0.1, 0.15) is 53.9 Å². The summed E-state index contributed by atoms with van der Waals surface area (Å²) < 4.78 is 0. The van der Waals surface area contributed by atoms with Crippen molar-refractivity contribution in [3.8, 4) is 0 Å². The number of carbonyl (C=O) groups excluding carboxylic acids is 1. The van der Waals surface area contributed by atoms with Crippen molar-refractivity contribution in [2.24, 2.45) is 17.0 Å². The van der Waals surface area contributed by atoms with E-state index in [0.717, 1.165) is 25.8 Å². The standard InChI is InChI=1S/C16H30N2O2/c1-12(9-10-17-20-16(3,4)5)13(2)15-14(19)8-7-11-18(15)6/h10,12-13,15H,7-9,11H2,1-6H3/b17-10-/t12-,13?,15+/m1/s1. The average Bonchev–Trinajstić information content (AvgIpc) is 2.32. The maximum atomic E-state index is 12.1. The molecule has 1 rings (SSSR count). The summed E-state index contributed by atoms with van der Waals surface area (Å²) in [5, 5.41) is 4.02. The van der Waals surface area contributed by atoms with Crippen LogP contribution in [0.5, 0.6) is 0 Å². The fourth-order valence-corrected chi connectivity index (χ4v) is 2.66. The van der Waals surface area contributed by atoms with Gasteiger partial charge >= 0.3 is 0 Å². The van der Waals surface area contributed by atoms with E-state index in [4.69, 9.17) is 4.84 Å². The van der Waals surface area contributed by atoms with Gasteiger partial charge in [-0.05, 0) is 59.0 Å².